The van der Waals surface area contributed by atoms with Crippen molar-refractivity contribution in [3.63, 3.8) is 0 Å². The third-order valence-corrected chi connectivity index (χ3v) is 13.4. The predicted molar refractivity (Wildman–Crippen MR) is 305 cm³/mol. The van der Waals surface area contributed by atoms with Crippen LogP contribution in [0.1, 0.15) is 245 Å². The molecule has 0 aliphatic carbocycles. The highest BCUT2D eigenvalue weighted by atomic mass is 31.2. The molecule has 0 saturated carbocycles. The molecule has 0 fully saturated rings. The summed E-state index contributed by atoms with van der Waals surface area (Å²) in [5.74, 6) is -0.347. The van der Waals surface area contributed by atoms with Crippen molar-refractivity contribution in [1.29, 1.82) is 0 Å². The summed E-state index contributed by atoms with van der Waals surface area (Å²) in [4.78, 5) is 25.3. The van der Waals surface area contributed by atoms with Gasteiger partial charge in [0.05, 0.1) is 34.4 Å². The summed E-state index contributed by atoms with van der Waals surface area (Å²) < 4.78 is 34.8. The minimum atomic E-state index is -4.55. The maximum Gasteiger partial charge on any atom is 0.306 e. The molecule has 9 heteroatoms. The number of phosphoric acid groups is 1. The summed E-state index contributed by atoms with van der Waals surface area (Å²) >= 11 is 0. The number of carbonyl (C=O) groups is 1. The lowest BCUT2D eigenvalue weighted by atomic mass is 10.0. The topological polar surface area (TPSA) is 94.1 Å². The largest absolute Gasteiger partial charge is 0.756 e. The molecule has 0 aromatic rings. The Morgan fingerprint density at radius 2 is 0.817 bits per heavy atom. The van der Waals surface area contributed by atoms with Crippen LogP contribution in [0.2, 0.25) is 0 Å². The van der Waals surface area contributed by atoms with E-state index >= 15 is 0 Å². The van der Waals surface area contributed by atoms with E-state index < -0.39 is 13.9 Å². The van der Waals surface area contributed by atoms with Crippen LogP contribution >= 0.6 is 7.82 Å². The minimum absolute atomic E-state index is 0.0145. The first kappa shape index (κ1) is 68.7. The molecule has 0 bridgehead atoms. The summed E-state index contributed by atoms with van der Waals surface area (Å²) in [7, 11) is 1.32. The van der Waals surface area contributed by atoms with E-state index in [0.717, 1.165) is 83.5 Å². The second-order valence-electron chi connectivity index (χ2n) is 20.6. The number of ether oxygens (including phenoxy) is 2. The number of hydrogen-bond donors (Lipinski definition) is 0. The van der Waals surface area contributed by atoms with Crippen molar-refractivity contribution in [3.05, 3.63) is 85.1 Å². The number of esters is 1. The minimum Gasteiger partial charge on any atom is -0.756 e. The van der Waals surface area contributed by atoms with Gasteiger partial charge in [0.2, 0.25) is 0 Å². The fourth-order valence-corrected chi connectivity index (χ4v) is 8.73. The summed E-state index contributed by atoms with van der Waals surface area (Å²) in [5, 5.41) is 0. The zero-order valence-corrected chi connectivity index (χ0v) is 47.8. The van der Waals surface area contributed by atoms with Gasteiger partial charge in [-0.3, -0.25) is 9.36 Å². The van der Waals surface area contributed by atoms with Crippen LogP contribution in [0.5, 0.6) is 0 Å². The Morgan fingerprint density at radius 1 is 0.451 bits per heavy atom. The normalized spacial score (nSPS) is 14.1. The Kier molecular flexibility index (Phi) is 52.2. The third kappa shape index (κ3) is 58.4. The summed E-state index contributed by atoms with van der Waals surface area (Å²) in [6, 6.07) is 0. The quantitative estimate of drug-likeness (QED) is 0.0197. The summed E-state index contributed by atoms with van der Waals surface area (Å²) in [6.45, 7) is 5.21. The summed E-state index contributed by atoms with van der Waals surface area (Å²) in [6.07, 6.45) is 73.6. The van der Waals surface area contributed by atoms with E-state index in [1.807, 2.05) is 21.1 Å². The van der Waals surface area contributed by atoms with E-state index in [4.69, 9.17) is 18.5 Å². The lowest BCUT2D eigenvalue weighted by Crippen LogP contribution is -2.37. The van der Waals surface area contributed by atoms with Crippen LogP contribution in [-0.2, 0) is 27.9 Å². The van der Waals surface area contributed by atoms with Crippen molar-refractivity contribution in [2.45, 2.75) is 251 Å². The molecule has 0 saturated heterocycles. The van der Waals surface area contributed by atoms with Crippen molar-refractivity contribution in [2.75, 3.05) is 54.1 Å². The molecule has 0 aromatic heterocycles. The van der Waals surface area contributed by atoms with Crippen molar-refractivity contribution in [3.8, 4) is 0 Å². The Bertz CT molecular complexity index is 1410. The number of likely N-dealkylation sites (N-methyl/N-ethyl adjacent to an activating group) is 1. The number of carbonyl (C=O) groups excluding carboxylic acids is 1. The van der Waals surface area contributed by atoms with Crippen molar-refractivity contribution < 1.29 is 37.3 Å². The van der Waals surface area contributed by atoms with Gasteiger partial charge in [0.25, 0.3) is 7.82 Å². The van der Waals surface area contributed by atoms with Gasteiger partial charge in [-0.05, 0) is 70.6 Å². The number of quaternary nitrogens is 1. The number of unbranched alkanes of at least 4 members (excludes halogenated alkanes) is 26. The molecule has 412 valence electrons. The van der Waals surface area contributed by atoms with E-state index in [-0.39, 0.29) is 25.8 Å². The van der Waals surface area contributed by atoms with E-state index in [1.165, 1.54) is 141 Å². The number of rotatable bonds is 54. The van der Waals surface area contributed by atoms with Gasteiger partial charge in [-0.2, -0.15) is 0 Å². The second kappa shape index (κ2) is 54.0. The maximum absolute atomic E-state index is 12.8. The van der Waals surface area contributed by atoms with E-state index in [2.05, 4.69) is 98.9 Å². The van der Waals surface area contributed by atoms with Gasteiger partial charge in [0.15, 0.2) is 0 Å². The molecular weight excluding hydrogens is 902 g/mol. The monoisotopic (exact) mass is 1010 g/mol. The van der Waals surface area contributed by atoms with Crippen LogP contribution in [-0.4, -0.2) is 70.7 Å². The average Bonchev–Trinajstić information content (AvgIpc) is 3.33. The van der Waals surface area contributed by atoms with Crippen molar-refractivity contribution >= 4 is 13.8 Å². The lowest BCUT2D eigenvalue weighted by molar-refractivity contribution is -0.870. The molecular formula is C62H112NO7P. The molecule has 2 unspecified atom stereocenters. The maximum atomic E-state index is 12.8. The molecule has 0 aliphatic rings. The van der Waals surface area contributed by atoms with Gasteiger partial charge < -0.3 is 27.9 Å². The fourth-order valence-electron chi connectivity index (χ4n) is 8.00. The molecule has 0 amide bonds. The summed E-state index contributed by atoms with van der Waals surface area (Å²) in [5.41, 5.74) is 0. The Morgan fingerprint density at radius 3 is 1.20 bits per heavy atom. The molecule has 8 nitrogen and oxygen atoms in total. The first-order valence-electron chi connectivity index (χ1n) is 29.3. The second-order valence-corrected chi connectivity index (χ2v) is 22.0. The molecule has 0 radical (unpaired) electrons. The highest BCUT2D eigenvalue weighted by Crippen LogP contribution is 2.38. The van der Waals surface area contributed by atoms with Crippen LogP contribution in [0, 0.1) is 0 Å². The van der Waals surface area contributed by atoms with Crippen LogP contribution in [0.3, 0.4) is 0 Å². The predicted octanol–water partition coefficient (Wildman–Crippen LogP) is 18.1. The van der Waals surface area contributed by atoms with Crippen LogP contribution in [0.15, 0.2) is 85.1 Å². The fraction of sp³-hybridized carbons (Fsp3) is 0.758. The highest BCUT2D eigenvalue weighted by Gasteiger charge is 2.20. The smallest absolute Gasteiger partial charge is 0.306 e. The SMILES string of the molecule is CC/C=C\C/C=C\C/C=C\C/C=C\C/C=C\C/C=C\C/C=C\CCCCOCC(COP(=O)([O-])OCC[N+](C)(C)C)OC(=O)CCCCCCCCCCCCCCCCCCCCCCCCCCC. The number of phosphoric ester groups is 1. The van der Waals surface area contributed by atoms with Crippen LogP contribution < -0.4 is 4.89 Å². The lowest BCUT2D eigenvalue weighted by Gasteiger charge is -2.28. The number of hydrogen-bond acceptors (Lipinski definition) is 7. The van der Waals surface area contributed by atoms with Gasteiger partial charge in [-0.25, -0.2) is 0 Å². The Balaban J connectivity index is 4.15. The molecule has 71 heavy (non-hydrogen) atoms. The Labute approximate surface area is 439 Å². The highest BCUT2D eigenvalue weighted by molar-refractivity contribution is 7.45. The van der Waals surface area contributed by atoms with Gasteiger partial charge in [0, 0.05) is 13.0 Å². The molecule has 0 aliphatic heterocycles. The first-order valence-corrected chi connectivity index (χ1v) is 30.8. The molecule has 2 atom stereocenters. The molecule has 0 spiro atoms. The van der Waals surface area contributed by atoms with E-state index in [0.29, 0.717) is 24.1 Å². The Hall–Kier alpha value is -2.32. The zero-order valence-electron chi connectivity index (χ0n) is 46.9. The first-order chi connectivity index (χ1) is 34.6. The van der Waals surface area contributed by atoms with E-state index in [1.54, 1.807) is 0 Å². The third-order valence-electron chi connectivity index (χ3n) is 12.5. The van der Waals surface area contributed by atoms with Gasteiger partial charge in [-0.15, -0.1) is 0 Å². The van der Waals surface area contributed by atoms with Crippen LogP contribution in [0.4, 0.5) is 0 Å². The number of nitrogens with zero attached hydrogens (tertiary/aromatic N) is 1. The van der Waals surface area contributed by atoms with E-state index in [9.17, 15) is 14.3 Å². The van der Waals surface area contributed by atoms with Gasteiger partial charge in [0.1, 0.15) is 19.3 Å². The van der Waals surface area contributed by atoms with Crippen LogP contribution in [0.25, 0.3) is 0 Å². The molecule has 0 N–H and O–H groups in total. The molecule has 0 aromatic carbocycles. The van der Waals surface area contributed by atoms with Crippen molar-refractivity contribution in [1.82, 2.24) is 0 Å². The van der Waals surface area contributed by atoms with Gasteiger partial charge in [-0.1, -0.05) is 253 Å². The van der Waals surface area contributed by atoms with Gasteiger partial charge >= 0.3 is 5.97 Å². The average molecular weight is 1010 g/mol. The molecule has 0 heterocycles. The number of allylic oxidation sites excluding steroid dienone is 14. The standard InChI is InChI=1S/C62H112NO7P/c1-6-8-10-12-14-16-18-20-22-24-26-28-30-32-33-35-37-39-41-43-45-47-49-51-53-55-62(64)70-61(60-69-71(65,66)68-58-56-63(3,4)5)59-67-57-54-52-50-48-46-44-42-40-38-36-34-31-29-27-25-23-21-19-17-15-13-11-9-7-2/h9,11,15,17,21,23,27,29,34,36,40,42,46,48,61H,6-8,10,12-14,16,18-20,22,24-26,28,30-33,35,37-39,41,43-45,47,49-60H2,1-5H3/b11-9-,17-15-,23-21-,29-27-,36-34-,42-40-,48-46-. The zero-order chi connectivity index (χ0) is 51.9. The molecule has 0 rings (SSSR count). The van der Waals surface area contributed by atoms with Crippen molar-refractivity contribution in [2.24, 2.45) is 0 Å².